The zero-order chi connectivity index (χ0) is 9.26. The Hall–Kier alpha value is -0.900. The van der Waals surface area contributed by atoms with E-state index in [1.54, 1.807) is 6.20 Å². The SMILES string of the molecule is F[C@H]1CCN(c2nccnc2Cl)C1. The van der Waals surface area contributed by atoms with Crippen molar-refractivity contribution in [2.45, 2.75) is 12.6 Å². The predicted octanol–water partition coefficient (Wildman–Crippen LogP) is 1.68. The smallest absolute Gasteiger partial charge is 0.171 e. The van der Waals surface area contributed by atoms with Crippen LogP contribution in [0.25, 0.3) is 0 Å². The van der Waals surface area contributed by atoms with Crippen molar-refractivity contribution in [2.24, 2.45) is 0 Å². The maximum atomic E-state index is 12.9. The molecule has 5 heteroatoms. The molecule has 1 aliphatic heterocycles. The van der Waals surface area contributed by atoms with E-state index in [1.807, 2.05) is 4.90 Å². The van der Waals surface area contributed by atoms with Gasteiger partial charge in [0.15, 0.2) is 11.0 Å². The van der Waals surface area contributed by atoms with Crippen molar-refractivity contribution in [1.82, 2.24) is 9.97 Å². The molecule has 1 fully saturated rings. The minimum Gasteiger partial charge on any atom is -0.351 e. The van der Waals surface area contributed by atoms with E-state index in [9.17, 15) is 4.39 Å². The van der Waals surface area contributed by atoms with Crippen molar-refractivity contribution >= 4 is 17.4 Å². The third-order valence-corrected chi connectivity index (χ3v) is 2.33. The van der Waals surface area contributed by atoms with Gasteiger partial charge in [0.1, 0.15) is 6.17 Å². The van der Waals surface area contributed by atoms with E-state index in [0.717, 1.165) is 0 Å². The highest BCUT2D eigenvalue weighted by Gasteiger charge is 2.24. The number of anilines is 1. The van der Waals surface area contributed by atoms with Crippen LogP contribution in [0, 0.1) is 0 Å². The molecule has 0 unspecified atom stereocenters. The summed E-state index contributed by atoms with van der Waals surface area (Å²) in [5.74, 6) is 0.587. The fraction of sp³-hybridized carbons (Fsp3) is 0.500. The summed E-state index contributed by atoms with van der Waals surface area (Å²) < 4.78 is 12.9. The van der Waals surface area contributed by atoms with Crippen LogP contribution in [0.2, 0.25) is 5.15 Å². The second-order valence-electron chi connectivity index (χ2n) is 3.00. The van der Waals surface area contributed by atoms with Gasteiger partial charge in [-0.1, -0.05) is 11.6 Å². The Morgan fingerprint density at radius 2 is 2.23 bits per heavy atom. The fourth-order valence-corrected chi connectivity index (χ4v) is 1.66. The van der Waals surface area contributed by atoms with Crippen LogP contribution < -0.4 is 4.90 Å². The summed E-state index contributed by atoms with van der Waals surface area (Å²) in [4.78, 5) is 9.77. The Bertz CT molecular complexity index is 307. The second kappa shape index (κ2) is 3.46. The molecule has 2 rings (SSSR count). The zero-order valence-electron chi connectivity index (χ0n) is 6.95. The average Bonchev–Trinajstić information content (AvgIpc) is 2.53. The summed E-state index contributed by atoms with van der Waals surface area (Å²) >= 11 is 5.81. The molecule has 0 saturated carbocycles. The Morgan fingerprint density at radius 1 is 1.46 bits per heavy atom. The summed E-state index contributed by atoms with van der Waals surface area (Å²) in [5, 5.41) is 0.344. The monoisotopic (exact) mass is 201 g/mol. The molecule has 1 aliphatic rings. The molecule has 2 heterocycles. The number of alkyl halides is 1. The largest absolute Gasteiger partial charge is 0.351 e. The minimum atomic E-state index is -0.766. The summed E-state index contributed by atoms with van der Waals surface area (Å²) in [6.07, 6.45) is 2.87. The first-order chi connectivity index (χ1) is 6.27. The molecule has 0 aromatic carbocycles. The first-order valence-electron chi connectivity index (χ1n) is 4.13. The number of rotatable bonds is 1. The Morgan fingerprint density at radius 3 is 2.85 bits per heavy atom. The normalized spacial score (nSPS) is 22.3. The van der Waals surface area contributed by atoms with Crippen molar-refractivity contribution in [3.8, 4) is 0 Å². The molecular weight excluding hydrogens is 193 g/mol. The molecule has 0 spiro atoms. The number of aromatic nitrogens is 2. The van der Waals surface area contributed by atoms with Crippen molar-refractivity contribution in [3.05, 3.63) is 17.5 Å². The fourth-order valence-electron chi connectivity index (χ4n) is 1.44. The summed E-state index contributed by atoms with van der Waals surface area (Å²) in [7, 11) is 0. The molecule has 3 nitrogen and oxygen atoms in total. The van der Waals surface area contributed by atoms with Gasteiger partial charge in [0, 0.05) is 18.9 Å². The van der Waals surface area contributed by atoms with E-state index < -0.39 is 6.17 Å². The van der Waals surface area contributed by atoms with E-state index in [2.05, 4.69) is 9.97 Å². The molecular formula is C8H9ClFN3. The van der Waals surface area contributed by atoms with Crippen LogP contribution in [0.1, 0.15) is 6.42 Å². The first kappa shape index (κ1) is 8.69. The van der Waals surface area contributed by atoms with Gasteiger partial charge in [0.05, 0.1) is 6.54 Å². The molecule has 0 N–H and O–H groups in total. The van der Waals surface area contributed by atoms with Crippen LogP contribution in [-0.4, -0.2) is 29.2 Å². The van der Waals surface area contributed by atoms with Gasteiger partial charge in [-0.2, -0.15) is 0 Å². The van der Waals surface area contributed by atoms with Gasteiger partial charge >= 0.3 is 0 Å². The maximum absolute atomic E-state index is 12.9. The van der Waals surface area contributed by atoms with Crippen molar-refractivity contribution < 1.29 is 4.39 Å². The lowest BCUT2D eigenvalue weighted by molar-refractivity contribution is 0.364. The Balaban J connectivity index is 2.21. The molecule has 1 aromatic heterocycles. The molecule has 1 aromatic rings. The van der Waals surface area contributed by atoms with Crippen LogP contribution in [0.5, 0.6) is 0 Å². The lowest BCUT2D eigenvalue weighted by Gasteiger charge is -2.16. The minimum absolute atomic E-state index is 0.344. The molecule has 0 radical (unpaired) electrons. The maximum Gasteiger partial charge on any atom is 0.171 e. The molecule has 70 valence electrons. The quantitative estimate of drug-likeness (QED) is 0.692. The number of halogens is 2. The van der Waals surface area contributed by atoms with Gasteiger partial charge < -0.3 is 4.90 Å². The standard InChI is InChI=1S/C8H9ClFN3/c9-7-8(12-3-2-11-7)13-4-1-6(10)5-13/h2-3,6H,1,4-5H2/t6-/m0/s1. The van der Waals surface area contributed by atoms with Gasteiger partial charge in [-0.05, 0) is 6.42 Å². The summed E-state index contributed by atoms with van der Waals surface area (Å²) in [6.45, 7) is 1.04. The number of nitrogens with zero attached hydrogens (tertiary/aromatic N) is 3. The molecule has 13 heavy (non-hydrogen) atoms. The molecule has 0 aliphatic carbocycles. The third kappa shape index (κ3) is 1.72. The van der Waals surface area contributed by atoms with Crippen LogP contribution >= 0.6 is 11.6 Å². The van der Waals surface area contributed by atoms with Crippen molar-refractivity contribution in [2.75, 3.05) is 18.0 Å². The van der Waals surface area contributed by atoms with Crippen LogP contribution in [0.15, 0.2) is 12.4 Å². The zero-order valence-corrected chi connectivity index (χ0v) is 7.71. The Kier molecular flexibility index (Phi) is 2.31. The number of hydrogen-bond donors (Lipinski definition) is 0. The van der Waals surface area contributed by atoms with Gasteiger partial charge in [-0.25, -0.2) is 14.4 Å². The van der Waals surface area contributed by atoms with E-state index in [1.165, 1.54) is 6.20 Å². The van der Waals surface area contributed by atoms with E-state index in [4.69, 9.17) is 11.6 Å². The van der Waals surface area contributed by atoms with Gasteiger partial charge in [-0.3, -0.25) is 0 Å². The second-order valence-corrected chi connectivity index (χ2v) is 3.36. The van der Waals surface area contributed by atoms with Crippen molar-refractivity contribution in [1.29, 1.82) is 0 Å². The van der Waals surface area contributed by atoms with E-state index in [0.29, 0.717) is 30.5 Å². The van der Waals surface area contributed by atoms with E-state index >= 15 is 0 Å². The lowest BCUT2D eigenvalue weighted by atomic mass is 10.3. The Labute approximate surface area is 80.6 Å². The predicted molar refractivity (Wildman–Crippen MR) is 48.8 cm³/mol. The topological polar surface area (TPSA) is 29.0 Å². The summed E-state index contributed by atoms with van der Waals surface area (Å²) in [6, 6.07) is 0. The summed E-state index contributed by atoms with van der Waals surface area (Å²) in [5.41, 5.74) is 0. The van der Waals surface area contributed by atoms with Crippen LogP contribution in [-0.2, 0) is 0 Å². The first-order valence-corrected chi connectivity index (χ1v) is 4.50. The highest BCUT2D eigenvalue weighted by Crippen LogP contribution is 2.24. The van der Waals surface area contributed by atoms with Crippen LogP contribution in [0.4, 0.5) is 10.2 Å². The molecule has 1 saturated heterocycles. The van der Waals surface area contributed by atoms with Gasteiger partial charge in [0.2, 0.25) is 0 Å². The van der Waals surface area contributed by atoms with Gasteiger partial charge in [0.25, 0.3) is 0 Å². The highest BCUT2D eigenvalue weighted by molar-refractivity contribution is 6.31. The van der Waals surface area contributed by atoms with Gasteiger partial charge in [-0.15, -0.1) is 0 Å². The van der Waals surface area contributed by atoms with E-state index in [-0.39, 0.29) is 0 Å². The average molecular weight is 202 g/mol. The molecule has 0 bridgehead atoms. The third-order valence-electron chi connectivity index (χ3n) is 2.07. The van der Waals surface area contributed by atoms with Crippen LogP contribution in [0.3, 0.4) is 0 Å². The lowest BCUT2D eigenvalue weighted by Crippen LogP contribution is -2.21. The van der Waals surface area contributed by atoms with Crippen molar-refractivity contribution in [3.63, 3.8) is 0 Å². The number of hydrogen-bond acceptors (Lipinski definition) is 3. The molecule has 1 atom stereocenters. The highest BCUT2D eigenvalue weighted by atomic mass is 35.5. The molecule has 0 amide bonds.